The quantitative estimate of drug-likeness (QED) is 0.774. The zero-order valence-electron chi connectivity index (χ0n) is 13.7. The van der Waals surface area contributed by atoms with E-state index >= 15 is 0 Å². The van der Waals surface area contributed by atoms with Crippen molar-refractivity contribution in [2.24, 2.45) is 0 Å². The number of carbonyl (C=O) groups excluding carboxylic acids is 1. The zero-order chi connectivity index (χ0) is 18.9. The standard InChI is InChI=1S/C18H14F3N3O2/c1-2-24-14-9-4-3-8-13(14)16(25)15(23-24)17(26)22-12-7-5-6-11(10-12)18(19,20)21/h3-10H,2H2,1H3,(H,22,26). The smallest absolute Gasteiger partial charge is 0.320 e. The molecular formula is C18H14F3N3O2. The molecule has 26 heavy (non-hydrogen) atoms. The van der Waals surface area contributed by atoms with E-state index in [-0.39, 0.29) is 11.4 Å². The predicted octanol–water partition coefficient (Wildman–Crippen LogP) is 3.69. The Morgan fingerprint density at radius 3 is 2.58 bits per heavy atom. The monoisotopic (exact) mass is 361 g/mol. The number of halogens is 3. The highest BCUT2D eigenvalue weighted by Gasteiger charge is 2.30. The molecule has 0 atom stereocenters. The number of fused-ring (bicyclic) bond motifs is 1. The Morgan fingerprint density at radius 2 is 1.88 bits per heavy atom. The molecule has 0 aliphatic rings. The van der Waals surface area contributed by atoms with Crippen LogP contribution in [0.1, 0.15) is 23.0 Å². The first-order chi connectivity index (χ1) is 12.3. The lowest BCUT2D eigenvalue weighted by Gasteiger charge is -2.11. The number of para-hydroxylation sites is 1. The first-order valence-corrected chi connectivity index (χ1v) is 7.79. The summed E-state index contributed by atoms with van der Waals surface area (Å²) in [6.45, 7) is 2.23. The molecule has 0 saturated carbocycles. The molecule has 0 bridgehead atoms. The molecule has 0 spiro atoms. The number of hydrogen-bond donors (Lipinski definition) is 1. The number of nitrogens with zero attached hydrogens (tertiary/aromatic N) is 2. The van der Waals surface area contributed by atoms with Crippen molar-refractivity contribution in [2.75, 3.05) is 5.32 Å². The third-order valence-electron chi connectivity index (χ3n) is 3.82. The summed E-state index contributed by atoms with van der Waals surface area (Å²) in [5.74, 6) is -0.859. The number of benzene rings is 2. The van der Waals surface area contributed by atoms with E-state index in [0.717, 1.165) is 12.1 Å². The highest BCUT2D eigenvalue weighted by molar-refractivity contribution is 6.04. The molecule has 3 rings (SSSR count). The van der Waals surface area contributed by atoms with Gasteiger partial charge in [0, 0.05) is 17.6 Å². The van der Waals surface area contributed by atoms with Crippen molar-refractivity contribution in [1.82, 2.24) is 9.78 Å². The molecular weight excluding hydrogens is 347 g/mol. The molecule has 0 aliphatic heterocycles. The zero-order valence-corrected chi connectivity index (χ0v) is 13.7. The SMILES string of the molecule is CCn1nc(C(=O)Nc2cccc(C(F)(F)F)c2)c(=O)c2ccccc21. The summed E-state index contributed by atoms with van der Waals surface area (Å²) < 4.78 is 39.9. The molecule has 1 heterocycles. The van der Waals surface area contributed by atoms with Gasteiger partial charge in [0.2, 0.25) is 5.43 Å². The number of nitrogens with one attached hydrogen (secondary N) is 1. The Labute approximate surface area is 146 Å². The summed E-state index contributed by atoms with van der Waals surface area (Å²) in [5, 5.41) is 6.69. The third kappa shape index (κ3) is 3.30. The first-order valence-electron chi connectivity index (χ1n) is 7.79. The van der Waals surface area contributed by atoms with Crippen LogP contribution in [-0.4, -0.2) is 15.7 Å². The third-order valence-corrected chi connectivity index (χ3v) is 3.82. The number of carbonyl (C=O) groups is 1. The predicted molar refractivity (Wildman–Crippen MR) is 91.1 cm³/mol. The van der Waals surface area contributed by atoms with Crippen LogP contribution in [-0.2, 0) is 12.7 Å². The molecule has 1 aromatic heterocycles. The van der Waals surface area contributed by atoms with Crippen LogP contribution < -0.4 is 10.7 Å². The molecule has 2 aromatic carbocycles. The minimum absolute atomic E-state index is 0.0674. The molecule has 134 valence electrons. The summed E-state index contributed by atoms with van der Waals surface area (Å²) in [6.07, 6.45) is -4.53. The van der Waals surface area contributed by atoms with Crippen molar-refractivity contribution >= 4 is 22.5 Å². The van der Waals surface area contributed by atoms with E-state index in [4.69, 9.17) is 0 Å². The maximum absolute atomic E-state index is 12.8. The Morgan fingerprint density at radius 1 is 1.15 bits per heavy atom. The van der Waals surface area contributed by atoms with E-state index < -0.39 is 23.1 Å². The Bertz CT molecular complexity index is 1040. The second-order valence-electron chi connectivity index (χ2n) is 5.54. The number of anilines is 1. The van der Waals surface area contributed by atoms with Crippen LogP contribution in [0, 0.1) is 0 Å². The average Bonchev–Trinajstić information content (AvgIpc) is 2.62. The number of hydrogen-bond acceptors (Lipinski definition) is 3. The van der Waals surface area contributed by atoms with Crippen LogP contribution in [0.25, 0.3) is 10.9 Å². The summed E-state index contributed by atoms with van der Waals surface area (Å²) >= 11 is 0. The molecule has 1 amide bonds. The van der Waals surface area contributed by atoms with E-state index in [0.29, 0.717) is 17.4 Å². The molecule has 0 fully saturated rings. The van der Waals surface area contributed by atoms with Gasteiger partial charge in [-0.15, -0.1) is 0 Å². The molecule has 8 heteroatoms. The van der Waals surface area contributed by atoms with Crippen molar-refractivity contribution in [1.29, 1.82) is 0 Å². The molecule has 0 unspecified atom stereocenters. The van der Waals surface area contributed by atoms with Gasteiger partial charge in [-0.2, -0.15) is 18.3 Å². The van der Waals surface area contributed by atoms with Gasteiger partial charge in [-0.1, -0.05) is 18.2 Å². The highest BCUT2D eigenvalue weighted by atomic mass is 19.4. The van der Waals surface area contributed by atoms with Gasteiger partial charge in [-0.25, -0.2) is 0 Å². The van der Waals surface area contributed by atoms with Crippen LogP contribution >= 0.6 is 0 Å². The Hall–Kier alpha value is -3.16. The minimum atomic E-state index is -4.53. The largest absolute Gasteiger partial charge is 0.416 e. The van der Waals surface area contributed by atoms with Crippen LogP contribution in [0.5, 0.6) is 0 Å². The van der Waals surface area contributed by atoms with Gasteiger partial charge in [-0.3, -0.25) is 14.3 Å². The fourth-order valence-electron chi connectivity index (χ4n) is 2.59. The topological polar surface area (TPSA) is 64.0 Å². The summed E-state index contributed by atoms with van der Waals surface area (Å²) in [4.78, 5) is 25.0. The van der Waals surface area contributed by atoms with Gasteiger partial charge in [0.15, 0.2) is 5.69 Å². The Kier molecular flexibility index (Phi) is 4.50. The minimum Gasteiger partial charge on any atom is -0.320 e. The van der Waals surface area contributed by atoms with Crippen molar-refractivity contribution < 1.29 is 18.0 Å². The second-order valence-corrected chi connectivity index (χ2v) is 5.54. The molecule has 1 N–H and O–H groups in total. The molecule has 5 nitrogen and oxygen atoms in total. The Balaban J connectivity index is 2.01. The number of aryl methyl sites for hydroxylation is 1. The summed E-state index contributed by atoms with van der Waals surface area (Å²) in [6, 6.07) is 10.9. The molecule has 0 saturated heterocycles. The summed E-state index contributed by atoms with van der Waals surface area (Å²) in [7, 11) is 0. The molecule has 0 aliphatic carbocycles. The lowest BCUT2D eigenvalue weighted by atomic mass is 10.1. The number of alkyl halides is 3. The maximum atomic E-state index is 12.8. The average molecular weight is 361 g/mol. The van der Waals surface area contributed by atoms with Crippen molar-refractivity contribution in [2.45, 2.75) is 19.6 Å². The van der Waals surface area contributed by atoms with Crippen LogP contribution in [0.2, 0.25) is 0 Å². The fourth-order valence-corrected chi connectivity index (χ4v) is 2.59. The normalized spacial score (nSPS) is 11.5. The first kappa shape index (κ1) is 17.7. The van der Waals surface area contributed by atoms with Gasteiger partial charge >= 0.3 is 6.18 Å². The van der Waals surface area contributed by atoms with Gasteiger partial charge < -0.3 is 5.32 Å². The van der Waals surface area contributed by atoms with Gasteiger partial charge in [0.25, 0.3) is 5.91 Å². The van der Waals surface area contributed by atoms with Gasteiger partial charge in [-0.05, 0) is 37.3 Å². The number of aromatic nitrogens is 2. The summed E-state index contributed by atoms with van der Waals surface area (Å²) in [5.41, 5.74) is -1.33. The maximum Gasteiger partial charge on any atom is 0.416 e. The van der Waals surface area contributed by atoms with E-state index in [1.165, 1.54) is 16.8 Å². The van der Waals surface area contributed by atoms with Gasteiger partial charge in [0.1, 0.15) is 0 Å². The van der Waals surface area contributed by atoms with Crippen LogP contribution in [0.15, 0.2) is 53.3 Å². The van der Waals surface area contributed by atoms with Crippen LogP contribution in [0.3, 0.4) is 0 Å². The van der Waals surface area contributed by atoms with E-state index in [9.17, 15) is 22.8 Å². The van der Waals surface area contributed by atoms with Crippen molar-refractivity contribution in [3.8, 4) is 0 Å². The number of rotatable bonds is 3. The molecule has 0 radical (unpaired) electrons. The number of amides is 1. The van der Waals surface area contributed by atoms with E-state index in [1.54, 1.807) is 31.2 Å². The lowest BCUT2D eigenvalue weighted by Crippen LogP contribution is -2.27. The second kappa shape index (κ2) is 6.62. The van der Waals surface area contributed by atoms with E-state index in [2.05, 4.69) is 10.4 Å². The lowest BCUT2D eigenvalue weighted by molar-refractivity contribution is -0.137. The van der Waals surface area contributed by atoms with Crippen molar-refractivity contribution in [3.05, 3.63) is 70.0 Å². The van der Waals surface area contributed by atoms with Crippen LogP contribution in [0.4, 0.5) is 18.9 Å². The van der Waals surface area contributed by atoms with E-state index in [1.807, 2.05) is 0 Å². The molecule has 3 aromatic rings. The highest BCUT2D eigenvalue weighted by Crippen LogP contribution is 2.30. The van der Waals surface area contributed by atoms with Crippen molar-refractivity contribution in [3.63, 3.8) is 0 Å². The van der Waals surface area contributed by atoms with Gasteiger partial charge in [0.05, 0.1) is 11.1 Å². The fraction of sp³-hybridized carbons (Fsp3) is 0.167.